The second kappa shape index (κ2) is 6.25. The third-order valence-corrected chi connectivity index (χ3v) is 5.18. The molecule has 122 valence electrons. The molecule has 0 unspecified atom stereocenters. The molecule has 1 aliphatic carbocycles. The van der Waals surface area contributed by atoms with Crippen LogP contribution in [0.25, 0.3) is 10.9 Å². The Balaban J connectivity index is 1.78. The minimum absolute atomic E-state index is 0.0332. The van der Waals surface area contributed by atoms with Gasteiger partial charge in [0.15, 0.2) is 0 Å². The van der Waals surface area contributed by atoms with Crippen molar-refractivity contribution < 1.29 is 17.9 Å². The lowest BCUT2D eigenvalue weighted by molar-refractivity contribution is -0.130. The highest BCUT2D eigenvalue weighted by Gasteiger charge is 2.27. The van der Waals surface area contributed by atoms with Crippen LogP contribution in [0, 0.1) is 5.92 Å². The Kier molecular flexibility index (Phi) is 4.32. The van der Waals surface area contributed by atoms with Gasteiger partial charge < -0.3 is 4.74 Å². The van der Waals surface area contributed by atoms with Crippen molar-refractivity contribution in [1.29, 1.82) is 0 Å². The molecule has 0 aliphatic heterocycles. The zero-order valence-corrected chi connectivity index (χ0v) is 13.5. The number of ether oxygens (including phenoxy) is 1. The molecule has 1 aromatic heterocycles. The van der Waals surface area contributed by atoms with Gasteiger partial charge in [0.2, 0.25) is 0 Å². The fourth-order valence-corrected chi connectivity index (χ4v) is 3.48. The minimum Gasteiger partial charge on any atom is -0.368 e. The van der Waals surface area contributed by atoms with Crippen molar-refractivity contribution in [3.8, 4) is 0 Å². The van der Waals surface area contributed by atoms with Crippen LogP contribution in [0.1, 0.15) is 19.8 Å². The second-order valence-electron chi connectivity index (χ2n) is 5.71. The predicted molar refractivity (Wildman–Crippen MR) is 85.2 cm³/mol. The van der Waals surface area contributed by atoms with Crippen molar-refractivity contribution in [3.63, 3.8) is 0 Å². The fraction of sp³-hybridized carbons (Fsp3) is 0.375. The van der Waals surface area contributed by atoms with Gasteiger partial charge in [-0.05, 0) is 49.9 Å². The van der Waals surface area contributed by atoms with Crippen molar-refractivity contribution in [3.05, 3.63) is 36.5 Å². The number of aromatic nitrogens is 1. The summed E-state index contributed by atoms with van der Waals surface area (Å²) < 4.78 is 32.5. The molecule has 1 aromatic carbocycles. The molecule has 1 amide bonds. The maximum atomic E-state index is 12.5. The molecular formula is C16H18N2O4S. The number of benzene rings is 1. The van der Waals surface area contributed by atoms with Crippen LogP contribution in [0.15, 0.2) is 41.4 Å². The molecule has 1 heterocycles. The lowest BCUT2D eigenvalue weighted by Crippen LogP contribution is -2.38. The summed E-state index contributed by atoms with van der Waals surface area (Å²) in [6.45, 7) is 2.05. The molecule has 6 nitrogen and oxygen atoms in total. The van der Waals surface area contributed by atoms with Crippen molar-refractivity contribution in [1.82, 2.24) is 9.71 Å². The number of sulfonamides is 1. The van der Waals surface area contributed by atoms with Gasteiger partial charge in [-0.3, -0.25) is 9.78 Å². The van der Waals surface area contributed by atoms with E-state index in [1.807, 2.05) is 0 Å². The Hall–Kier alpha value is -1.99. The minimum atomic E-state index is -3.97. The second-order valence-corrected chi connectivity index (χ2v) is 7.37. The molecule has 0 radical (unpaired) electrons. The van der Waals surface area contributed by atoms with Crippen molar-refractivity contribution in [2.24, 2.45) is 5.92 Å². The quantitative estimate of drug-likeness (QED) is 0.871. The zero-order chi connectivity index (χ0) is 16.4. The first-order valence-corrected chi connectivity index (χ1v) is 8.98. The Morgan fingerprint density at radius 1 is 1.35 bits per heavy atom. The first kappa shape index (κ1) is 15.9. The van der Waals surface area contributed by atoms with Crippen LogP contribution in [0.4, 0.5) is 0 Å². The highest BCUT2D eigenvalue weighted by atomic mass is 32.2. The number of pyridine rings is 1. The van der Waals surface area contributed by atoms with Crippen molar-refractivity contribution in [2.45, 2.75) is 30.8 Å². The number of amides is 1. The summed E-state index contributed by atoms with van der Waals surface area (Å²) in [5.74, 6) is -0.155. The largest absolute Gasteiger partial charge is 0.368 e. The molecule has 1 aliphatic rings. The first-order chi connectivity index (χ1) is 11.0. The highest BCUT2D eigenvalue weighted by Crippen LogP contribution is 2.29. The van der Waals surface area contributed by atoms with Crippen LogP contribution in [0.5, 0.6) is 0 Å². The molecule has 1 N–H and O–H groups in total. The topological polar surface area (TPSA) is 85.4 Å². The van der Waals surface area contributed by atoms with E-state index < -0.39 is 22.0 Å². The van der Waals surface area contributed by atoms with Crippen LogP contribution < -0.4 is 4.72 Å². The fourth-order valence-electron chi connectivity index (χ4n) is 2.22. The number of hydrogen-bond donors (Lipinski definition) is 1. The monoisotopic (exact) mass is 334 g/mol. The third kappa shape index (κ3) is 3.68. The van der Waals surface area contributed by atoms with E-state index in [0.717, 1.165) is 12.8 Å². The van der Waals surface area contributed by atoms with Gasteiger partial charge >= 0.3 is 0 Å². The van der Waals surface area contributed by atoms with Gasteiger partial charge in [-0.25, -0.2) is 13.1 Å². The van der Waals surface area contributed by atoms with Crippen LogP contribution in [0.3, 0.4) is 0 Å². The summed E-state index contributed by atoms with van der Waals surface area (Å²) in [6, 6.07) is 8.09. The van der Waals surface area contributed by atoms with Crippen LogP contribution in [0.2, 0.25) is 0 Å². The number of rotatable bonds is 6. The zero-order valence-electron chi connectivity index (χ0n) is 12.7. The van der Waals surface area contributed by atoms with Gasteiger partial charge in [0.1, 0.15) is 6.10 Å². The smallest absolute Gasteiger partial charge is 0.264 e. The first-order valence-electron chi connectivity index (χ1n) is 7.49. The summed E-state index contributed by atoms with van der Waals surface area (Å²) in [5.41, 5.74) is 0.556. The lowest BCUT2D eigenvalue weighted by atomic mass is 10.2. The van der Waals surface area contributed by atoms with E-state index >= 15 is 0 Å². The number of carbonyl (C=O) groups is 1. The van der Waals surface area contributed by atoms with E-state index in [4.69, 9.17) is 4.74 Å². The van der Waals surface area contributed by atoms with Gasteiger partial charge in [0.05, 0.1) is 17.0 Å². The average Bonchev–Trinajstić information content (AvgIpc) is 3.35. The Morgan fingerprint density at radius 2 is 2.13 bits per heavy atom. The van der Waals surface area contributed by atoms with Gasteiger partial charge in [-0.2, -0.15) is 0 Å². The van der Waals surface area contributed by atoms with E-state index in [-0.39, 0.29) is 4.90 Å². The molecule has 1 saturated carbocycles. The SMILES string of the molecule is C[C@@H](OCC1CC1)C(=O)NS(=O)(=O)c1cccc2ncccc12. The van der Waals surface area contributed by atoms with Gasteiger partial charge in [-0.15, -0.1) is 0 Å². The summed E-state index contributed by atoms with van der Waals surface area (Å²) in [7, 11) is -3.97. The molecule has 7 heteroatoms. The molecular weight excluding hydrogens is 316 g/mol. The van der Waals surface area contributed by atoms with Crippen LogP contribution >= 0.6 is 0 Å². The summed E-state index contributed by atoms with van der Waals surface area (Å²) >= 11 is 0. The predicted octanol–water partition coefficient (Wildman–Crippen LogP) is 1.85. The summed E-state index contributed by atoms with van der Waals surface area (Å²) in [5, 5.41) is 0.474. The highest BCUT2D eigenvalue weighted by molar-refractivity contribution is 7.90. The maximum Gasteiger partial charge on any atom is 0.264 e. The summed E-state index contributed by atoms with van der Waals surface area (Å²) in [4.78, 5) is 16.2. The lowest BCUT2D eigenvalue weighted by Gasteiger charge is -2.14. The molecule has 0 bridgehead atoms. The van der Waals surface area contributed by atoms with Crippen molar-refractivity contribution in [2.75, 3.05) is 6.61 Å². The maximum absolute atomic E-state index is 12.5. The standard InChI is InChI=1S/C16H18N2O4S/c1-11(22-10-12-7-8-12)16(19)18-23(20,21)15-6-2-5-14-13(15)4-3-9-17-14/h2-6,9,11-12H,7-8,10H2,1H3,(H,18,19)/t11-/m1/s1. The number of nitrogens with zero attached hydrogens (tertiary/aromatic N) is 1. The van der Waals surface area contributed by atoms with Crippen molar-refractivity contribution >= 4 is 26.8 Å². The average molecular weight is 334 g/mol. The Morgan fingerprint density at radius 3 is 2.87 bits per heavy atom. The summed E-state index contributed by atoms with van der Waals surface area (Å²) in [6.07, 6.45) is 3.00. The normalized spacial score (nSPS) is 16.2. The molecule has 23 heavy (non-hydrogen) atoms. The Bertz CT molecular complexity index is 826. The molecule has 1 atom stereocenters. The molecule has 1 fully saturated rings. The number of carbonyl (C=O) groups excluding carboxylic acids is 1. The number of hydrogen-bond acceptors (Lipinski definition) is 5. The van der Waals surface area contributed by atoms with E-state index in [0.29, 0.717) is 23.4 Å². The van der Waals surface area contributed by atoms with Gasteiger partial charge in [0.25, 0.3) is 15.9 Å². The number of fused-ring (bicyclic) bond motifs is 1. The molecule has 0 saturated heterocycles. The van der Waals surface area contributed by atoms with E-state index in [1.54, 1.807) is 37.4 Å². The third-order valence-electron chi connectivity index (χ3n) is 3.78. The van der Waals surface area contributed by atoms with E-state index in [2.05, 4.69) is 9.71 Å². The molecule has 2 aromatic rings. The van der Waals surface area contributed by atoms with Crippen LogP contribution in [-0.4, -0.2) is 32.0 Å². The Labute approximate surface area is 134 Å². The molecule has 0 spiro atoms. The van der Waals surface area contributed by atoms with Gasteiger partial charge in [0, 0.05) is 11.6 Å². The molecule has 3 rings (SSSR count). The van der Waals surface area contributed by atoms with E-state index in [1.165, 1.54) is 6.07 Å². The van der Waals surface area contributed by atoms with Crippen LogP contribution in [-0.2, 0) is 19.6 Å². The van der Waals surface area contributed by atoms with E-state index in [9.17, 15) is 13.2 Å². The number of nitrogens with one attached hydrogen (secondary N) is 1. The van der Waals surface area contributed by atoms with Gasteiger partial charge in [-0.1, -0.05) is 6.07 Å².